The van der Waals surface area contributed by atoms with Crippen LogP contribution in [-0.4, -0.2) is 38.6 Å². The molecule has 1 amide bonds. The first-order valence-electron chi connectivity index (χ1n) is 5.38. The second kappa shape index (κ2) is 6.10. The monoisotopic (exact) mass is 237 g/mol. The van der Waals surface area contributed by atoms with Gasteiger partial charge in [0.1, 0.15) is 5.75 Å². The third-order valence-electron chi connectivity index (χ3n) is 2.44. The van der Waals surface area contributed by atoms with Crippen LogP contribution in [0.4, 0.5) is 5.69 Å². The fourth-order valence-electron chi connectivity index (χ4n) is 1.57. The molecule has 0 spiro atoms. The maximum atomic E-state index is 11.2. The number of carbonyl (C=O) groups excluding carboxylic acids is 1. The number of nitrogen functional groups attached to an aromatic ring is 1. The summed E-state index contributed by atoms with van der Waals surface area (Å²) < 4.78 is 5.08. The van der Waals surface area contributed by atoms with Gasteiger partial charge in [-0.3, -0.25) is 9.69 Å². The topological polar surface area (TPSA) is 67.6 Å². The van der Waals surface area contributed by atoms with Crippen molar-refractivity contribution in [2.45, 2.75) is 6.54 Å². The lowest BCUT2D eigenvalue weighted by Crippen LogP contribution is -2.32. The van der Waals surface area contributed by atoms with E-state index in [1.54, 1.807) is 14.2 Å². The van der Waals surface area contributed by atoms with E-state index in [4.69, 9.17) is 10.5 Å². The highest BCUT2D eigenvalue weighted by atomic mass is 16.5. The van der Waals surface area contributed by atoms with Crippen molar-refractivity contribution in [2.24, 2.45) is 0 Å². The number of ether oxygens (including phenoxy) is 1. The second-order valence-electron chi connectivity index (χ2n) is 3.92. The van der Waals surface area contributed by atoms with Crippen molar-refractivity contribution in [1.82, 2.24) is 10.2 Å². The van der Waals surface area contributed by atoms with Gasteiger partial charge < -0.3 is 15.8 Å². The second-order valence-corrected chi connectivity index (χ2v) is 3.92. The molecule has 0 aliphatic rings. The number of likely N-dealkylation sites (N-methyl/N-ethyl adjacent to an activating group) is 2. The van der Waals surface area contributed by atoms with Gasteiger partial charge in [-0.15, -0.1) is 0 Å². The molecule has 0 fully saturated rings. The highest BCUT2D eigenvalue weighted by Crippen LogP contribution is 2.22. The van der Waals surface area contributed by atoms with Gasteiger partial charge in [-0.05, 0) is 24.7 Å². The van der Waals surface area contributed by atoms with Gasteiger partial charge in [0, 0.05) is 13.6 Å². The number of nitrogens with one attached hydrogen (secondary N) is 1. The van der Waals surface area contributed by atoms with Crippen molar-refractivity contribution in [3.63, 3.8) is 0 Å². The average molecular weight is 237 g/mol. The summed E-state index contributed by atoms with van der Waals surface area (Å²) in [4.78, 5) is 13.1. The minimum Gasteiger partial charge on any atom is -0.495 e. The van der Waals surface area contributed by atoms with Gasteiger partial charge in [-0.25, -0.2) is 0 Å². The van der Waals surface area contributed by atoms with E-state index >= 15 is 0 Å². The predicted molar refractivity (Wildman–Crippen MR) is 67.8 cm³/mol. The maximum absolute atomic E-state index is 11.2. The van der Waals surface area contributed by atoms with Crippen LogP contribution in [0.5, 0.6) is 5.75 Å². The minimum atomic E-state index is -0.00557. The Labute approximate surface area is 102 Å². The summed E-state index contributed by atoms with van der Waals surface area (Å²) in [5.41, 5.74) is 7.47. The van der Waals surface area contributed by atoms with E-state index in [1.807, 2.05) is 30.1 Å². The van der Waals surface area contributed by atoms with E-state index in [1.165, 1.54) is 0 Å². The van der Waals surface area contributed by atoms with E-state index < -0.39 is 0 Å². The normalized spacial score (nSPS) is 10.4. The van der Waals surface area contributed by atoms with Gasteiger partial charge in [0.05, 0.1) is 19.3 Å². The number of anilines is 1. The molecule has 5 nitrogen and oxygen atoms in total. The Morgan fingerprint density at radius 3 is 2.76 bits per heavy atom. The molecule has 0 aliphatic carbocycles. The summed E-state index contributed by atoms with van der Waals surface area (Å²) in [5.74, 6) is 0.664. The molecule has 0 saturated heterocycles. The molecule has 0 atom stereocenters. The number of methoxy groups -OCH3 is 1. The quantitative estimate of drug-likeness (QED) is 0.730. The van der Waals surface area contributed by atoms with Crippen LogP contribution in [0.3, 0.4) is 0 Å². The first-order chi connectivity index (χ1) is 8.06. The van der Waals surface area contributed by atoms with Crippen molar-refractivity contribution in [3.05, 3.63) is 23.8 Å². The standard InChI is InChI=1S/C12H19N3O2/c1-14-12(16)8-15(2)7-9-4-5-11(17-3)10(13)6-9/h4-6H,7-8,13H2,1-3H3,(H,14,16). The van der Waals surface area contributed by atoms with Crippen LogP contribution in [-0.2, 0) is 11.3 Å². The summed E-state index contributed by atoms with van der Waals surface area (Å²) in [7, 11) is 5.10. The molecule has 1 aromatic carbocycles. The minimum absolute atomic E-state index is 0.00557. The van der Waals surface area contributed by atoms with Gasteiger partial charge >= 0.3 is 0 Å². The number of carbonyl (C=O) groups is 1. The van der Waals surface area contributed by atoms with Crippen molar-refractivity contribution in [2.75, 3.05) is 33.5 Å². The summed E-state index contributed by atoms with van der Waals surface area (Å²) in [6.07, 6.45) is 0. The molecule has 1 rings (SSSR count). The molecule has 0 heterocycles. The van der Waals surface area contributed by atoms with Gasteiger partial charge in [-0.2, -0.15) is 0 Å². The Bertz CT molecular complexity index is 393. The lowest BCUT2D eigenvalue weighted by Gasteiger charge is -2.16. The molecule has 0 aliphatic heterocycles. The number of rotatable bonds is 5. The van der Waals surface area contributed by atoms with Gasteiger partial charge in [0.15, 0.2) is 0 Å². The fourth-order valence-corrected chi connectivity index (χ4v) is 1.57. The predicted octanol–water partition coefficient (Wildman–Crippen LogP) is 0.455. The molecule has 0 aromatic heterocycles. The molecule has 1 aromatic rings. The number of nitrogens with zero attached hydrogens (tertiary/aromatic N) is 1. The van der Waals surface area contributed by atoms with Crippen molar-refractivity contribution in [1.29, 1.82) is 0 Å². The fraction of sp³-hybridized carbons (Fsp3) is 0.417. The molecule has 0 bridgehead atoms. The lowest BCUT2D eigenvalue weighted by molar-refractivity contribution is -0.121. The SMILES string of the molecule is CNC(=O)CN(C)Cc1ccc(OC)c(N)c1. The summed E-state index contributed by atoms with van der Waals surface area (Å²) in [6.45, 7) is 1.03. The van der Waals surface area contributed by atoms with Crippen LogP contribution in [0.1, 0.15) is 5.56 Å². The Kier molecular flexibility index (Phi) is 4.78. The number of benzene rings is 1. The Hall–Kier alpha value is -1.75. The molecule has 5 heteroatoms. The Morgan fingerprint density at radius 2 is 2.24 bits per heavy atom. The molecular weight excluding hydrogens is 218 g/mol. The van der Waals surface area contributed by atoms with Crippen LogP contribution in [0.25, 0.3) is 0 Å². The highest BCUT2D eigenvalue weighted by Gasteiger charge is 2.06. The van der Waals surface area contributed by atoms with Crippen molar-refractivity contribution < 1.29 is 9.53 Å². The van der Waals surface area contributed by atoms with E-state index in [9.17, 15) is 4.79 Å². The molecule has 0 radical (unpaired) electrons. The molecular formula is C12H19N3O2. The van der Waals surface area contributed by atoms with Crippen LogP contribution < -0.4 is 15.8 Å². The Balaban J connectivity index is 2.62. The molecule has 3 N–H and O–H groups in total. The van der Waals surface area contributed by atoms with E-state index in [-0.39, 0.29) is 5.91 Å². The largest absolute Gasteiger partial charge is 0.495 e. The number of nitrogens with two attached hydrogens (primary N) is 1. The van der Waals surface area contributed by atoms with E-state index in [2.05, 4.69) is 5.32 Å². The van der Waals surface area contributed by atoms with Crippen LogP contribution in [0.15, 0.2) is 18.2 Å². The third kappa shape index (κ3) is 3.96. The van der Waals surface area contributed by atoms with E-state index in [0.29, 0.717) is 24.5 Å². The van der Waals surface area contributed by atoms with Crippen LogP contribution in [0.2, 0.25) is 0 Å². The lowest BCUT2D eigenvalue weighted by atomic mass is 10.2. The average Bonchev–Trinajstić information content (AvgIpc) is 2.29. The zero-order valence-electron chi connectivity index (χ0n) is 10.5. The zero-order valence-corrected chi connectivity index (χ0v) is 10.5. The maximum Gasteiger partial charge on any atom is 0.233 e. The number of amides is 1. The highest BCUT2D eigenvalue weighted by molar-refractivity contribution is 5.77. The van der Waals surface area contributed by atoms with Gasteiger partial charge in [-0.1, -0.05) is 6.07 Å². The molecule has 0 unspecified atom stereocenters. The Morgan fingerprint density at radius 1 is 1.53 bits per heavy atom. The number of hydrogen-bond donors (Lipinski definition) is 2. The smallest absolute Gasteiger partial charge is 0.233 e. The molecule has 17 heavy (non-hydrogen) atoms. The van der Waals surface area contributed by atoms with Gasteiger partial charge in [0.25, 0.3) is 0 Å². The first kappa shape index (κ1) is 13.3. The molecule has 0 saturated carbocycles. The summed E-state index contributed by atoms with van der Waals surface area (Å²) in [6, 6.07) is 5.63. The zero-order chi connectivity index (χ0) is 12.8. The van der Waals surface area contributed by atoms with E-state index in [0.717, 1.165) is 5.56 Å². The van der Waals surface area contributed by atoms with Crippen molar-refractivity contribution in [3.8, 4) is 5.75 Å². The third-order valence-corrected chi connectivity index (χ3v) is 2.44. The van der Waals surface area contributed by atoms with Crippen LogP contribution >= 0.6 is 0 Å². The molecule has 94 valence electrons. The van der Waals surface area contributed by atoms with Gasteiger partial charge in [0.2, 0.25) is 5.91 Å². The summed E-state index contributed by atoms with van der Waals surface area (Å²) in [5, 5.41) is 2.59. The first-order valence-corrected chi connectivity index (χ1v) is 5.38. The summed E-state index contributed by atoms with van der Waals surface area (Å²) >= 11 is 0. The van der Waals surface area contributed by atoms with Crippen LogP contribution in [0, 0.1) is 0 Å². The number of hydrogen-bond acceptors (Lipinski definition) is 4. The van der Waals surface area contributed by atoms with Crippen molar-refractivity contribution >= 4 is 11.6 Å².